The van der Waals surface area contributed by atoms with Gasteiger partial charge < -0.3 is 24.0 Å². The summed E-state index contributed by atoms with van der Waals surface area (Å²) in [4.78, 5) is 33.8. The van der Waals surface area contributed by atoms with Crippen LogP contribution in [0.4, 0.5) is 4.79 Å². The Morgan fingerprint density at radius 3 is 2.32 bits per heavy atom. The zero-order valence-electron chi connectivity index (χ0n) is 24.5. The number of methoxy groups -OCH3 is 2. The van der Waals surface area contributed by atoms with Crippen molar-refractivity contribution in [2.45, 2.75) is 69.3 Å². The standard InChI is InChI=1S/C32H42ClN3O5/c1-35(2)30(26-14-16-27(33)17-15-26)25-12-10-23(11-13-25)20-28-32(41-31(38)40-4,19-18-29(37)39-3)34-22-36(28)21-24-8-6-5-7-9-24/h5-9,14-17,22-23,25,28,30H,10-13,18-21H2,1-4H3. The third-order valence-electron chi connectivity index (χ3n) is 8.56. The summed E-state index contributed by atoms with van der Waals surface area (Å²) in [5.41, 5.74) is 1.18. The number of aliphatic imine (C=N–C) groups is 1. The van der Waals surface area contributed by atoms with Gasteiger partial charge in [0.1, 0.15) is 0 Å². The number of halogens is 1. The summed E-state index contributed by atoms with van der Waals surface area (Å²) >= 11 is 6.16. The van der Waals surface area contributed by atoms with E-state index in [1.165, 1.54) is 19.8 Å². The van der Waals surface area contributed by atoms with Gasteiger partial charge in [-0.3, -0.25) is 4.79 Å². The van der Waals surface area contributed by atoms with Crippen LogP contribution >= 0.6 is 11.6 Å². The summed E-state index contributed by atoms with van der Waals surface area (Å²) in [6.07, 6.45) is 6.35. The minimum absolute atomic E-state index is 0.0822. The zero-order chi connectivity index (χ0) is 29.4. The first kappa shape index (κ1) is 30.8. The predicted octanol–water partition coefficient (Wildman–Crippen LogP) is 6.48. The van der Waals surface area contributed by atoms with E-state index in [4.69, 9.17) is 30.8 Å². The van der Waals surface area contributed by atoms with Crippen LogP contribution in [0.2, 0.25) is 5.02 Å². The number of carbonyl (C=O) groups excluding carboxylic acids is 2. The molecule has 1 saturated carbocycles. The number of ether oxygens (including phenoxy) is 3. The average Bonchev–Trinajstić information content (AvgIpc) is 3.30. The highest BCUT2D eigenvalue weighted by Crippen LogP contribution is 2.44. The van der Waals surface area contributed by atoms with Gasteiger partial charge in [-0.2, -0.15) is 0 Å². The Hall–Kier alpha value is -3.10. The fraction of sp³-hybridized carbons (Fsp3) is 0.531. The molecule has 2 aliphatic rings. The second-order valence-electron chi connectivity index (χ2n) is 11.4. The van der Waals surface area contributed by atoms with Crippen LogP contribution < -0.4 is 0 Å². The number of hydrogen-bond donors (Lipinski definition) is 0. The molecular weight excluding hydrogens is 542 g/mol. The van der Waals surface area contributed by atoms with E-state index in [1.54, 1.807) is 6.34 Å². The van der Waals surface area contributed by atoms with E-state index in [9.17, 15) is 9.59 Å². The fourth-order valence-electron chi connectivity index (χ4n) is 6.52. The molecule has 2 aromatic rings. The molecule has 3 atom stereocenters. The molecule has 1 aliphatic carbocycles. The van der Waals surface area contributed by atoms with Crippen LogP contribution in [0.25, 0.3) is 0 Å². The highest BCUT2D eigenvalue weighted by atomic mass is 35.5. The Balaban J connectivity index is 1.53. The Bertz CT molecular complexity index is 1170. The second kappa shape index (κ2) is 14.2. The number of hydrogen-bond acceptors (Lipinski definition) is 8. The molecule has 9 heteroatoms. The van der Waals surface area contributed by atoms with Crippen molar-refractivity contribution < 1.29 is 23.8 Å². The summed E-state index contributed by atoms with van der Waals surface area (Å²) < 4.78 is 15.7. The lowest BCUT2D eigenvalue weighted by Crippen LogP contribution is -2.50. The number of carbonyl (C=O) groups is 2. The summed E-state index contributed by atoms with van der Waals surface area (Å²) in [6, 6.07) is 18.4. The van der Waals surface area contributed by atoms with Gasteiger partial charge in [-0.15, -0.1) is 0 Å². The highest BCUT2D eigenvalue weighted by molar-refractivity contribution is 6.30. The van der Waals surface area contributed by atoms with Crippen LogP contribution in [-0.4, -0.2) is 68.3 Å². The van der Waals surface area contributed by atoms with Crippen molar-refractivity contribution in [1.82, 2.24) is 9.80 Å². The molecule has 1 heterocycles. The van der Waals surface area contributed by atoms with Crippen LogP contribution in [0.1, 0.15) is 62.1 Å². The van der Waals surface area contributed by atoms with Crippen LogP contribution in [-0.2, 0) is 25.5 Å². The SMILES string of the molecule is COC(=O)CCC1(OC(=O)OC)N=CN(Cc2ccccc2)C1CC1CCC(C(c2ccc(Cl)cc2)N(C)C)CC1. The van der Waals surface area contributed by atoms with E-state index in [0.29, 0.717) is 24.4 Å². The van der Waals surface area contributed by atoms with Gasteiger partial charge in [-0.05, 0) is 68.5 Å². The largest absolute Gasteiger partial charge is 0.510 e. The molecule has 8 nitrogen and oxygen atoms in total. The molecule has 0 spiro atoms. The molecule has 1 aliphatic heterocycles. The first-order chi connectivity index (χ1) is 19.7. The molecule has 0 aromatic heterocycles. The van der Waals surface area contributed by atoms with Crippen molar-refractivity contribution in [2.75, 3.05) is 28.3 Å². The number of rotatable bonds is 11. The number of nitrogens with zero attached hydrogens (tertiary/aromatic N) is 3. The molecule has 1 fully saturated rings. The molecule has 2 aromatic carbocycles. The van der Waals surface area contributed by atoms with E-state index in [1.807, 2.05) is 30.3 Å². The first-order valence-electron chi connectivity index (χ1n) is 14.4. The van der Waals surface area contributed by atoms with Crippen molar-refractivity contribution >= 4 is 30.1 Å². The lowest BCUT2D eigenvalue weighted by atomic mass is 9.73. The van der Waals surface area contributed by atoms with E-state index in [2.05, 4.69) is 48.2 Å². The maximum atomic E-state index is 12.5. The average molecular weight is 584 g/mol. The van der Waals surface area contributed by atoms with E-state index in [-0.39, 0.29) is 24.9 Å². The monoisotopic (exact) mass is 583 g/mol. The van der Waals surface area contributed by atoms with Crippen molar-refractivity contribution in [3.63, 3.8) is 0 Å². The fourth-order valence-corrected chi connectivity index (χ4v) is 6.64. The number of benzene rings is 2. The zero-order valence-corrected chi connectivity index (χ0v) is 25.3. The number of esters is 1. The maximum Gasteiger partial charge on any atom is 0.510 e. The molecular formula is C32H42ClN3O5. The van der Waals surface area contributed by atoms with Crippen LogP contribution in [0.15, 0.2) is 59.6 Å². The summed E-state index contributed by atoms with van der Waals surface area (Å²) in [6.45, 7) is 0.619. The van der Waals surface area contributed by atoms with Gasteiger partial charge in [0.15, 0.2) is 0 Å². The van der Waals surface area contributed by atoms with Gasteiger partial charge in [0.05, 0.1) is 33.0 Å². The van der Waals surface area contributed by atoms with Crippen molar-refractivity contribution in [2.24, 2.45) is 16.8 Å². The third kappa shape index (κ3) is 7.80. The molecule has 222 valence electrons. The summed E-state index contributed by atoms with van der Waals surface area (Å²) in [7, 11) is 6.93. The minimum atomic E-state index is -1.23. The van der Waals surface area contributed by atoms with E-state index >= 15 is 0 Å². The van der Waals surface area contributed by atoms with Crippen molar-refractivity contribution in [3.05, 3.63) is 70.7 Å². The Kier molecular flexibility index (Phi) is 10.7. The smallest absolute Gasteiger partial charge is 0.469 e. The quantitative estimate of drug-likeness (QED) is 0.280. The summed E-state index contributed by atoms with van der Waals surface area (Å²) in [5.74, 6) is 0.576. The minimum Gasteiger partial charge on any atom is -0.469 e. The Morgan fingerprint density at radius 2 is 1.71 bits per heavy atom. The predicted molar refractivity (Wildman–Crippen MR) is 160 cm³/mol. The van der Waals surface area contributed by atoms with Gasteiger partial charge >= 0.3 is 12.1 Å². The molecule has 0 radical (unpaired) electrons. The first-order valence-corrected chi connectivity index (χ1v) is 14.7. The molecule has 0 saturated heterocycles. The van der Waals surface area contributed by atoms with Crippen LogP contribution in [0.3, 0.4) is 0 Å². The van der Waals surface area contributed by atoms with Gasteiger partial charge in [-0.25, -0.2) is 9.79 Å². The third-order valence-corrected chi connectivity index (χ3v) is 8.81. The molecule has 41 heavy (non-hydrogen) atoms. The topological polar surface area (TPSA) is 80.7 Å². The molecule has 0 N–H and O–H groups in total. The molecule has 0 bridgehead atoms. The van der Waals surface area contributed by atoms with Crippen LogP contribution in [0.5, 0.6) is 0 Å². The molecule has 4 rings (SSSR count). The van der Waals surface area contributed by atoms with E-state index < -0.39 is 11.9 Å². The lowest BCUT2D eigenvalue weighted by molar-refractivity contribution is -0.143. The highest BCUT2D eigenvalue weighted by Gasteiger charge is 2.50. The van der Waals surface area contributed by atoms with E-state index in [0.717, 1.165) is 42.7 Å². The Labute approximate surface area is 248 Å². The van der Waals surface area contributed by atoms with Gasteiger partial charge in [0, 0.05) is 24.0 Å². The van der Waals surface area contributed by atoms with Gasteiger partial charge in [-0.1, -0.05) is 66.9 Å². The maximum absolute atomic E-state index is 12.5. The lowest BCUT2D eigenvalue weighted by Gasteiger charge is -2.41. The van der Waals surface area contributed by atoms with Crippen molar-refractivity contribution in [1.29, 1.82) is 0 Å². The molecule has 3 unspecified atom stereocenters. The normalized spacial score (nSPS) is 24.7. The van der Waals surface area contributed by atoms with Crippen LogP contribution in [0, 0.1) is 11.8 Å². The van der Waals surface area contributed by atoms with Gasteiger partial charge in [0.2, 0.25) is 5.72 Å². The second-order valence-corrected chi connectivity index (χ2v) is 11.8. The van der Waals surface area contributed by atoms with Crippen molar-refractivity contribution in [3.8, 4) is 0 Å². The Morgan fingerprint density at radius 1 is 1.02 bits per heavy atom. The van der Waals surface area contributed by atoms with Gasteiger partial charge in [0.25, 0.3) is 0 Å². The summed E-state index contributed by atoms with van der Waals surface area (Å²) in [5, 5.41) is 0.749. The molecule has 0 amide bonds.